The summed E-state index contributed by atoms with van der Waals surface area (Å²) in [6, 6.07) is 10.1. The van der Waals surface area contributed by atoms with E-state index in [0.717, 1.165) is 11.1 Å². The first-order valence-electron chi connectivity index (χ1n) is 6.93. The Morgan fingerprint density at radius 3 is 1.45 bits per heavy atom. The van der Waals surface area contributed by atoms with Crippen LogP contribution in [0.4, 0.5) is 17.6 Å². The molecule has 0 amide bonds. The summed E-state index contributed by atoms with van der Waals surface area (Å²) in [6.07, 6.45) is -4.70. The van der Waals surface area contributed by atoms with Gasteiger partial charge in [-0.25, -0.2) is 17.6 Å². The third kappa shape index (κ3) is 5.17. The van der Waals surface area contributed by atoms with Gasteiger partial charge in [0.2, 0.25) is 0 Å². The molecule has 0 aliphatic carbocycles. The van der Waals surface area contributed by atoms with E-state index in [1.54, 1.807) is 32.0 Å². The van der Waals surface area contributed by atoms with Crippen LogP contribution in [-0.4, -0.2) is 0 Å². The average molecular weight is 312 g/mol. The summed E-state index contributed by atoms with van der Waals surface area (Å²) < 4.78 is 48.8. The lowest BCUT2D eigenvalue weighted by molar-refractivity contribution is 0.149. The molecule has 120 valence electrons. The highest BCUT2D eigenvalue weighted by atomic mass is 19.3. The van der Waals surface area contributed by atoms with Crippen molar-refractivity contribution in [3.8, 4) is 0 Å². The van der Waals surface area contributed by atoms with Gasteiger partial charge in [-0.2, -0.15) is 0 Å². The van der Waals surface area contributed by atoms with Crippen molar-refractivity contribution in [3.63, 3.8) is 0 Å². The zero-order valence-corrected chi connectivity index (χ0v) is 13.1. The van der Waals surface area contributed by atoms with Gasteiger partial charge in [-0.05, 0) is 38.8 Å². The van der Waals surface area contributed by atoms with E-state index in [2.05, 4.69) is 0 Å². The summed E-state index contributed by atoms with van der Waals surface area (Å²) in [6.45, 7) is 7.04. The molecule has 2 aromatic carbocycles. The van der Waals surface area contributed by atoms with Crippen LogP contribution in [0.15, 0.2) is 36.4 Å². The van der Waals surface area contributed by atoms with Gasteiger partial charge in [-0.1, -0.05) is 47.5 Å². The molecule has 0 spiro atoms. The van der Waals surface area contributed by atoms with Crippen molar-refractivity contribution in [1.29, 1.82) is 0 Å². The van der Waals surface area contributed by atoms with Gasteiger partial charge in [0.15, 0.2) is 0 Å². The SMILES string of the molecule is Cc1cc(C)cc(C(F)F)c1.Cc1cccc(C)c1C(F)F. The van der Waals surface area contributed by atoms with Gasteiger partial charge in [0.1, 0.15) is 0 Å². The molecule has 0 radical (unpaired) electrons. The van der Waals surface area contributed by atoms with Crippen LogP contribution in [-0.2, 0) is 0 Å². The van der Waals surface area contributed by atoms with Crippen LogP contribution < -0.4 is 0 Å². The zero-order valence-electron chi connectivity index (χ0n) is 13.1. The molecule has 0 N–H and O–H groups in total. The van der Waals surface area contributed by atoms with Crippen molar-refractivity contribution in [2.24, 2.45) is 0 Å². The summed E-state index contributed by atoms with van der Waals surface area (Å²) >= 11 is 0. The Balaban J connectivity index is 0.000000220. The van der Waals surface area contributed by atoms with Crippen LogP contribution in [0.2, 0.25) is 0 Å². The molecule has 0 atom stereocenters. The minimum Gasteiger partial charge on any atom is -0.205 e. The summed E-state index contributed by atoms with van der Waals surface area (Å²) in [5, 5.41) is 0. The van der Waals surface area contributed by atoms with Crippen molar-refractivity contribution in [2.45, 2.75) is 40.5 Å². The molecule has 0 aromatic heterocycles. The molecule has 0 nitrogen and oxygen atoms in total. The number of benzene rings is 2. The molecule has 2 aromatic rings. The molecule has 4 heteroatoms. The Hall–Kier alpha value is -1.84. The first kappa shape index (κ1) is 18.2. The molecular weight excluding hydrogens is 292 g/mol. The normalized spacial score (nSPS) is 10.6. The number of alkyl halides is 4. The molecule has 0 heterocycles. The second-order valence-electron chi connectivity index (χ2n) is 5.33. The van der Waals surface area contributed by atoms with Crippen LogP contribution in [0.3, 0.4) is 0 Å². The number of halogens is 4. The van der Waals surface area contributed by atoms with Crippen molar-refractivity contribution < 1.29 is 17.6 Å². The fourth-order valence-corrected chi connectivity index (χ4v) is 2.31. The van der Waals surface area contributed by atoms with Crippen LogP contribution in [0.1, 0.15) is 46.2 Å². The molecular formula is C18H20F4. The Bertz CT molecular complexity index is 578. The third-order valence-corrected chi connectivity index (χ3v) is 3.26. The summed E-state index contributed by atoms with van der Waals surface area (Å²) in [7, 11) is 0. The van der Waals surface area contributed by atoms with E-state index in [1.807, 2.05) is 19.9 Å². The highest BCUT2D eigenvalue weighted by Gasteiger charge is 2.11. The topological polar surface area (TPSA) is 0 Å². The van der Waals surface area contributed by atoms with Gasteiger partial charge in [0.25, 0.3) is 12.9 Å². The van der Waals surface area contributed by atoms with Gasteiger partial charge < -0.3 is 0 Å². The maximum atomic E-state index is 12.3. The van der Waals surface area contributed by atoms with Crippen molar-refractivity contribution in [2.75, 3.05) is 0 Å². The third-order valence-electron chi connectivity index (χ3n) is 3.26. The number of rotatable bonds is 2. The maximum Gasteiger partial charge on any atom is 0.264 e. The van der Waals surface area contributed by atoms with Gasteiger partial charge in [0, 0.05) is 11.1 Å². The highest BCUT2D eigenvalue weighted by molar-refractivity contribution is 5.34. The zero-order chi connectivity index (χ0) is 16.9. The van der Waals surface area contributed by atoms with Crippen molar-refractivity contribution in [3.05, 3.63) is 69.8 Å². The first-order valence-corrected chi connectivity index (χ1v) is 6.93. The smallest absolute Gasteiger partial charge is 0.205 e. The molecule has 0 aliphatic heterocycles. The average Bonchev–Trinajstić information content (AvgIpc) is 2.37. The predicted molar refractivity (Wildman–Crippen MR) is 81.7 cm³/mol. The first-order chi connectivity index (χ1) is 10.2. The van der Waals surface area contributed by atoms with Crippen LogP contribution in [0.5, 0.6) is 0 Å². The van der Waals surface area contributed by atoms with Gasteiger partial charge in [0.05, 0.1) is 0 Å². The molecule has 2 rings (SSSR count). The van der Waals surface area contributed by atoms with Gasteiger partial charge in [-0.15, -0.1) is 0 Å². The molecule has 0 aliphatic rings. The predicted octanol–water partition coefficient (Wildman–Crippen LogP) is 6.48. The van der Waals surface area contributed by atoms with E-state index < -0.39 is 12.9 Å². The second-order valence-corrected chi connectivity index (χ2v) is 5.33. The largest absolute Gasteiger partial charge is 0.264 e. The van der Waals surface area contributed by atoms with Crippen molar-refractivity contribution in [1.82, 2.24) is 0 Å². The summed E-state index contributed by atoms with van der Waals surface area (Å²) in [5.41, 5.74) is 3.40. The van der Waals surface area contributed by atoms with Crippen LogP contribution in [0, 0.1) is 27.7 Å². The molecule has 0 saturated heterocycles. The number of hydrogen-bond donors (Lipinski definition) is 0. The van der Waals surface area contributed by atoms with Crippen LogP contribution in [0.25, 0.3) is 0 Å². The Labute approximate surface area is 128 Å². The standard InChI is InChI=1S/2C9H10F2/c1-6-3-7(2)5-8(4-6)9(10)11;1-6-4-3-5-7(2)8(6)9(10)11/h2*3-5,9H,1-2H3. The second kappa shape index (κ2) is 7.97. The maximum absolute atomic E-state index is 12.3. The van der Waals surface area contributed by atoms with E-state index >= 15 is 0 Å². The van der Waals surface area contributed by atoms with Gasteiger partial charge >= 0.3 is 0 Å². The van der Waals surface area contributed by atoms with E-state index in [1.165, 1.54) is 12.1 Å². The molecule has 0 fully saturated rings. The van der Waals surface area contributed by atoms with E-state index in [0.29, 0.717) is 11.1 Å². The summed E-state index contributed by atoms with van der Waals surface area (Å²) in [4.78, 5) is 0. The molecule has 0 saturated carbocycles. The van der Waals surface area contributed by atoms with E-state index in [4.69, 9.17) is 0 Å². The Kier molecular flexibility index (Phi) is 6.60. The fraction of sp³-hybridized carbons (Fsp3) is 0.333. The fourth-order valence-electron chi connectivity index (χ4n) is 2.31. The van der Waals surface area contributed by atoms with E-state index in [9.17, 15) is 17.6 Å². The minimum absolute atomic E-state index is 0.113. The molecule has 0 bridgehead atoms. The number of hydrogen-bond acceptors (Lipinski definition) is 0. The molecule has 22 heavy (non-hydrogen) atoms. The quantitative estimate of drug-likeness (QED) is 0.556. The van der Waals surface area contributed by atoms with Gasteiger partial charge in [-0.3, -0.25) is 0 Å². The molecule has 0 unspecified atom stereocenters. The lowest BCUT2D eigenvalue weighted by Gasteiger charge is -2.06. The lowest BCUT2D eigenvalue weighted by atomic mass is 10.0. The monoisotopic (exact) mass is 312 g/mol. The Morgan fingerprint density at radius 1 is 0.682 bits per heavy atom. The highest BCUT2D eigenvalue weighted by Crippen LogP contribution is 2.25. The van der Waals surface area contributed by atoms with E-state index in [-0.39, 0.29) is 11.1 Å². The van der Waals surface area contributed by atoms with Crippen LogP contribution >= 0.6 is 0 Å². The summed E-state index contributed by atoms with van der Waals surface area (Å²) in [5.74, 6) is 0. The lowest BCUT2D eigenvalue weighted by Crippen LogP contribution is -1.92. The minimum atomic E-state index is -2.35. The number of aryl methyl sites for hydroxylation is 4. The van der Waals surface area contributed by atoms with Crippen molar-refractivity contribution >= 4 is 0 Å². The Morgan fingerprint density at radius 2 is 1.14 bits per heavy atom.